The van der Waals surface area contributed by atoms with Crippen LogP contribution in [0.3, 0.4) is 0 Å². The molecule has 0 unspecified atom stereocenters. The molecule has 2 N–H and O–H groups in total. The van der Waals surface area contributed by atoms with Crippen LogP contribution in [0.2, 0.25) is 0 Å². The molecule has 0 aliphatic carbocycles. The summed E-state index contributed by atoms with van der Waals surface area (Å²) >= 11 is 3.64. The first kappa shape index (κ1) is 16.5. The number of rotatable bonds is 8. The number of aliphatic hydroxyl groups excluding tert-OH is 1. The Morgan fingerprint density at radius 1 is 1.32 bits per heavy atom. The smallest absolute Gasteiger partial charge is 0.0606 e. The van der Waals surface area contributed by atoms with Crippen molar-refractivity contribution in [2.24, 2.45) is 0 Å². The van der Waals surface area contributed by atoms with Crippen molar-refractivity contribution in [3.63, 3.8) is 0 Å². The molecular weight excluding hydrogens is 304 g/mol. The third kappa shape index (κ3) is 5.51. The van der Waals surface area contributed by atoms with Crippen molar-refractivity contribution in [3.05, 3.63) is 28.2 Å². The maximum Gasteiger partial charge on any atom is 0.0606 e. The number of anilines is 1. The molecule has 3 nitrogen and oxygen atoms in total. The van der Waals surface area contributed by atoms with Crippen molar-refractivity contribution in [2.45, 2.75) is 39.8 Å². The Balaban J connectivity index is 2.78. The Labute approximate surface area is 125 Å². The molecule has 4 heteroatoms. The lowest BCUT2D eigenvalue weighted by Crippen LogP contribution is -2.27. The number of benzene rings is 1. The van der Waals surface area contributed by atoms with Crippen LogP contribution in [0.4, 0.5) is 5.69 Å². The molecule has 0 aliphatic heterocycles. The number of halogens is 1. The van der Waals surface area contributed by atoms with Gasteiger partial charge in [0, 0.05) is 35.8 Å². The van der Waals surface area contributed by atoms with E-state index in [1.54, 1.807) is 0 Å². The monoisotopic (exact) mass is 328 g/mol. The molecule has 0 spiro atoms. The molecule has 0 saturated heterocycles. The Hall–Kier alpha value is -0.580. The van der Waals surface area contributed by atoms with Gasteiger partial charge in [-0.05, 0) is 24.1 Å². The molecule has 108 valence electrons. The third-order valence-corrected chi connectivity index (χ3v) is 3.70. The van der Waals surface area contributed by atoms with E-state index in [9.17, 15) is 0 Å². The van der Waals surface area contributed by atoms with Crippen molar-refractivity contribution in [2.75, 3.05) is 24.6 Å². The number of aliphatic hydroxyl groups is 1. The van der Waals surface area contributed by atoms with Crippen molar-refractivity contribution in [3.8, 4) is 0 Å². The lowest BCUT2D eigenvalue weighted by Gasteiger charge is -2.24. The molecule has 0 amide bonds. The zero-order valence-corrected chi connectivity index (χ0v) is 13.7. The highest BCUT2D eigenvalue weighted by Gasteiger charge is 2.08. The van der Waals surface area contributed by atoms with Crippen LogP contribution in [0.5, 0.6) is 0 Å². The third-order valence-electron chi connectivity index (χ3n) is 2.97. The predicted molar refractivity (Wildman–Crippen MR) is 85.7 cm³/mol. The first-order chi connectivity index (χ1) is 9.08. The average Bonchev–Trinajstić information content (AvgIpc) is 2.37. The van der Waals surface area contributed by atoms with E-state index in [-0.39, 0.29) is 6.61 Å². The number of hydrogen-bond donors (Lipinski definition) is 2. The molecule has 1 aromatic carbocycles. The maximum atomic E-state index is 9.13. The number of nitrogens with zero attached hydrogens (tertiary/aromatic N) is 1. The lowest BCUT2D eigenvalue weighted by atomic mass is 10.1. The SMILES string of the molecule is CCCN(CCO)c1ccc(CNC(C)C)c(Br)c1. The fraction of sp³-hybridized carbons (Fsp3) is 0.600. The van der Waals surface area contributed by atoms with E-state index in [4.69, 9.17) is 5.11 Å². The topological polar surface area (TPSA) is 35.5 Å². The molecule has 0 aliphatic rings. The fourth-order valence-corrected chi connectivity index (χ4v) is 2.46. The highest BCUT2D eigenvalue weighted by atomic mass is 79.9. The zero-order valence-electron chi connectivity index (χ0n) is 12.1. The second-order valence-corrected chi connectivity index (χ2v) is 5.88. The molecule has 0 atom stereocenters. The van der Waals surface area contributed by atoms with Gasteiger partial charge in [-0.25, -0.2) is 0 Å². The van der Waals surface area contributed by atoms with E-state index >= 15 is 0 Å². The Bertz CT molecular complexity index is 376. The van der Waals surface area contributed by atoms with Gasteiger partial charge < -0.3 is 15.3 Å². The van der Waals surface area contributed by atoms with Crippen LogP contribution in [0, 0.1) is 0 Å². The molecule has 19 heavy (non-hydrogen) atoms. The first-order valence-electron chi connectivity index (χ1n) is 6.96. The van der Waals surface area contributed by atoms with Crippen LogP contribution in [0.15, 0.2) is 22.7 Å². The van der Waals surface area contributed by atoms with Gasteiger partial charge in [-0.2, -0.15) is 0 Å². The van der Waals surface area contributed by atoms with Crippen molar-refractivity contribution >= 4 is 21.6 Å². The molecular formula is C15H25BrN2O. The van der Waals surface area contributed by atoms with Crippen molar-refractivity contribution in [1.82, 2.24) is 5.32 Å². The summed E-state index contributed by atoms with van der Waals surface area (Å²) in [5, 5.41) is 12.5. The Morgan fingerprint density at radius 2 is 2.05 bits per heavy atom. The average molecular weight is 329 g/mol. The summed E-state index contributed by atoms with van der Waals surface area (Å²) in [6.45, 7) is 9.15. The van der Waals surface area contributed by atoms with Gasteiger partial charge in [0.05, 0.1) is 6.61 Å². The van der Waals surface area contributed by atoms with Crippen LogP contribution in [-0.4, -0.2) is 30.8 Å². The number of nitrogens with one attached hydrogen (secondary N) is 1. The fourth-order valence-electron chi connectivity index (χ4n) is 1.95. The highest BCUT2D eigenvalue weighted by Crippen LogP contribution is 2.24. The van der Waals surface area contributed by atoms with E-state index in [0.29, 0.717) is 12.6 Å². The molecule has 1 rings (SSSR count). The Kier molecular flexibility index (Phi) is 7.42. The molecule has 0 saturated carbocycles. The highest BCUT2D eigenvalue weighted by molar-refractivity contribution is 9.10. The Morgan fingerprint density at radius 3 is 2.58 bits per heavy atom. The van der Waals surface area contributed by atoms with Crippen LogP contribution in [0.1, 0.15) is 32.8 Å². The van der Waals surface area contributed by atoms with E-state index in [2.05, 4.69) is 65.1 Å². The largest absolute Gasteiger partial charge is 0.395 e. The molecule has 0 fully saturated rings. The van der Waals surface area contributed by atoms with Gasteiger partial charge in [0.15, 0.2) is 0 Å². The summed E-state index contributed by atoms with van der Waals surface area (Å²) in [6, 6.07) is 6.91. The standard InChI is InChI=1S/C15H25BrN2O/c1-4-7-18(8-9-19)14-6-5-13(15(16)10-14)11-17-12(2)3/h5-6,10,12,17,19H,4,7-9,11H2,1-3H3. The van der Waals surface area contributed by atoms with Gasteiger partial charge in [0.2, 0.25) is 0 Å². The minimum atomic E-state index is 0.189. The summed E-state index contributed by atoms with van der Waals surface area (Å²) in [5.41, 5.74) is 2.42. The van der Waals surface area contributed by atoms with Crippen LogP contribution in [0.25, 0.3) is 0 Å². The van der Waals surface area contributed by atoms with Gasteiger partial charge in [0.1, 0.15) is 0 Å². The van der Waals surface area contributed by atoms with E-state index in [1.807, 2.05) is 0 Å². The maximum absolute atomic E-state index is 9.13. The van der Waals surface area contributed by atoms with Gasteiger partial charge in [-0.1, -0.05) is 42.8 Å². The minimum Gasteiger partial charge on any atom is -0.395 e. The molecule has 1 aromatic rings. The lowest BCUT2D eigenvalue weighted by molar-refractivity contribution is 0.302. The number of hydrogen-bond acceptors (Lipinski definition) is 3. The van der Waals surface area contributed by atoms with E-state index in [1.165, 1.54) is 5.56 Å². The van der Waals surface area contributed by atoms with Gasteiger partial charge in [0.25, 0.3) is 0 Å². The summed E-state index contributed by atoms with van der Waals surface area (Å²) in [5.74, 6) is 0. The summed E-state index contributed by atoms with van der Waals surface area (Å²) in [4.78, 5) is 2.21. The first-order valence-corrected chi connectivity index (χ1v) is 7.75. The van der Waals surface area contributed by atoms with E-state index in [0.717, 1.165) is 29.7 Å². The molecule has 0 aromatic heterocycles. The van der Waals surface area contributed by atoms with Crippen LogP contribution >= 0.6 is 15.9 Å². The van der Waals surface area contributed by atoms with Crippen LogP contribution in [-0.2, 0) is 6.54 Å². The normalized spacial score (nSPS) is 11.1. The minimum absolute atomic E-state index is 0.189. The second kappa shape index (κ2) is 8.56. The zero-order chi connectivity index (χ0) is 14.3. The van der Waals surface area contributed by atoms with Gasteiger partial charge >= 0.3 is 0 Å². The predicted octanol–water partition coefficient (Wildman–Crippen LogP) is 3.16. The molecule has 0 heterocycles. The molecule has 0 radical (unpaired) electrons. The summed E-state index contributed by atoms with van der Waals surface area (Å²) < 4.78 is 1.12. The summed E-state index contributed by atoms with van der Waals surface area (Å²) in [6.07, 6.45) is 1.08. The van der Waals surface area contributed by atoms with E-state index < -0.39 is 0 Å². The van der Waals surface area contributed by atoms with Gasteiger partial charge in [-0.3, -0.25) is 0 Å². The van der Waals surface area contributed by atoms with Crippen LogP contribution < -0.4 is 10.2 Å². The summed E-state index contributed by atoms with van der Waals surface area (Å²) in [7, 11) is 0. The van der Waals surface area contributed by atoms with Gasteiger partial charge in [-0.15, -0.1) is 0 Å². The second-order valence-electron chi connectivity index (χ2n) is 5.02. The van der Waals surface area contributed by atoms with Crippen molar-refractivity contribution < 1.29 is 5.11 Å². The quantitative estimate of drug-likeness (QED) is 0.769. The van der Waals surface area contributed by atoms with Crippen molar-refractivity contribution in [1.29, 1.82) is 0 Å². The molecule has 0 bridgehead atoms.